The minimum Gasteiger partial charge on any atom is -0.493 e. The number of ether oxygens (including phenoxy) is 4. The lowest BCUT2D eigenvalue weighted by Crippen LogP contribution is -2.53. The second kappa shape index (κ2) is 15.3. The number of carbonyl (C=O) groups is 1. The predicted octanol–water partition coefficient (Wildman–Crippen LogP) is 7.28. The molecule has 6 nitrogen and oxygen atoms in total. The lowest BCUT2D eigenvalue weighted by molar-refractivity contribution is -0.139. The van der Waals surface area contributed by atoms with Crippen LogP contribution in [0.2, 0.25) is 0 Å². The molecule has 0 fully saturated rings. The molecule has 208 valence electrons. The van der Waals surface area contributed by atoms with E-state index in [1.807, 2.05) is 6.92 Å². The highest BCUT2D eigenvalue weighted by molar-refractivity contribution is 5.68. The van der Waals surface area contributed by atoms with E-state index in [2.05, 4.69) is 12.2 Å². The summed E-state index contributed by atoms with van der Waals surface area (Å²) in [6.45, 7) is 9.67. The van der Waals surface area contributed by atoms with Crippen molar-refractivity contribution in [2.24, 2.45) is 0 Å². The van der Waals surface area contributed by atoms with Crippen LogP contribution in [0.1, 0.15) is 90.7 Å². The van der Waals surface area contributed by atoms with Crippen LogP contribution in [-0.4, -0.2) is 44.3 Å². The van der Waals surface area contributed by atoms with Crippen LogP contribution in [0.4, 0.5) is 18.0 Å². The lowest BCUT2D eigenvalue weighted by atomic mass is 9.89. The zero-order valence-corrected chi connectivity index (χ0v) is 22.7. The Bertz CT molecular complexity index is 780. The van der Waals surface area contributed by atoms with Gasteiger partial charge in [-0.2, -0.15) is 13.2 Å². The van der Waals surface area contributed by atoms with Gasteiger partial charge in [-0.25, -0.2) is 4.79 Å². The Kier molecular flexibility index (Phi) is 13.6. The molecule has 1 amide bonds. The molecule has 0 radical (unpaired) electrons. The molecular weight excluding hydrogens is 475 g/mol. The maximum atomic E-state index is 13.8. The molecule has 1 unspecified atom stereocenters. The van der Waals surface area contributed by atoms with Crippen molar-refractivity contribution in [2.75, 3.05) is 27.1 Å². The highest BCUT2D eigenvalue weighted by Crippen LogP contribution is 2.37. The summed E-state index contributed by atoms with van der Waals surface area (Å²) in [5, 5.41) is 2.88. The minimum atomic E-state index is -4.54. The third-order valence-electron chi connectivity index (χ3n) is 5.77. The highest BCUT2D eigenvalue weighted by Gasteiger charge is 2.36. The van der Waals surface area contributed by atoms with Gasteiger partial charge in [-0.1, -0.05) is 45.6 Å². The number of amides is 1. The van der Waals surface area contributed by atoms with E-state index in [0.29, 0.717) is 24.8 Å². The number of hydrogen-bond donors (Lipinski definition) is 1. The number of nitrogens with one attached hydrogen (secondary N) is 1. The van der Waals surface area contributed by atoms with Crippen molar-refractivity contribution in [3.63, 3.8) is 0 Å². The molecule has 0 aromatic heterocycles. The van der Waals surface area contributed by atoms with Crippen molar-refractivity contribution in [1.29, 1.82) is 0 Å². The van der Waals surface area contributed by atoms with Gasteiger partial charge in [-0.15, -0.1) is 0 Å². The van der Waals surface area contributed by atoms with Crippen LogP contribution in [0.3, 0.4) is 0 Å². The average Bonchev–Trinajstić information content (AvgIpc) is 2.78. The third kappa shape index (κ3) is 12.3. The maximum absolute atomic E-state index is 13.8. The Morgan fingerprint density at radius 3 is 2.31 bits per heavy atom. The number of alkyl halides is 3. The van der Waals surface area contributed by atoms with Gasteiger partial charge in [-0.05, 0) is 64.2 Å². The molecule has 1 rings (SSSR count). The Hall–Kier alpha value is -2.00. The first-order valence-corrected chi connectivity index (χ1v) is 12.8. The van der Waals surface area contributed by atoms with Crippen molar-refractivity contribution in [3.8, 4) is 5.75 Å². The van der Waals surface area contributed by atoms with Crippen LogP contribution in [0.5, 0.6) is 5.75 Å². The standard InChI is InChI=1S/C27H44F3NO5/c1-7-9-10-11-12-17-35-23-14-13-21(18-22(23)27(28,29)30)15-16-26(8-2,19-34-20-33-6)31-24(32)36-25(3,4)5/h13-14,18H,7-12,15-17,19-20H2,1-6H3,(H,31,32). The number of alkyl carbamates (subject to hydrolysis) is 1. The van der Waals surface area contributed by atoms with Crippen LogP contribution in [-0.2, 0) is 26.8 Å². The number of rotatable bonds is 16. The molecule has 0 spiro atoms. The third-order valence-corrected chi connectivity index (χ3v) is 5.77. The zero-order chi connectivity index (χ0) is 27.2. The first-order valence-electron chi connectivity index (χ1n) is 12.8. The molecule has 0 aliphatic carbocycles. The highest BCUT2D eigenvalue weighted by atomic mass is 19.4. The van der Waals surface area contributed by atoms with Crippen LogP contribution in [0, 0.1) is 0 Å². The first kappa shape index (κ1) is 32.0. The van der Waals surface area contributed by atoms with E-state index < -0.39 is 29.0 Å². The lowest BCUT2D eigenvalue weighted by Gasteiger charge is -2.34. The monoisotopic (exact) mass is 519 g/mol. The van der Waals surface area contributed by atoms with Gasteiger partial charge in [0.25, 0.3) is 0 Å². The zero-order valence-electron chi connectivity index (χ0n) is 22.7. The van der Waals surface area contributed by atoms with Gasteiger partial charge in [0, 0.05) is 7.11 Å². The van der Waals surface area contributed by atoms with Crippen LogP contribution in [0.15, 0.2) is 18.2 Å². The summed E-state index contributed by atoms with van der Waals surface area (Å²) >= 11 is 0. The van der Waals surface area contributed by atoms with Gasteiger partial charge < -0.3 is 24.3 Å². The number of halogens is 3. The summed E-state index contributed by atoms with van der Waals surface area (Å²) in [6, 6.07) is 4.17. The number of unbranched alkanes of at least 4 members (excludes halogenated alkanes) is 4. The summed E-state index contributed by atoms with van der Waals surface area (Å²) in [4.78, 5) is 12.5. The molecule has 1 aromatic rings. The summed E-state index contributed by atoms with van der Waals surface area (Å²) in [7, 11) is 1.49. The Balaban J connectivity index is 2.98. The Labute approximate surface area is 214 Å². The number of methoxy groups -OCH3 is 1. The van der Waals surface area contributed by atoms with E-state index in [1.54, 1.807) is 26.8 Å². The topological polar surface area (TPSA) is 66.0 Å². The van der Waals surface area contributed by atoms with Gasteiger partial charge in [0.05, 0.1) is 24.3 Å². The molecule has 0 aliphatic heterocycles. The van der Waals surface area contributed by atoms with Gasteiger partial charge in [0.1, 0.15) is 18.1 Å². The fourth-order valence-corrected chi connectivity index (χ4v) is 3.73. The molecule has 0 bridgehead atoms. The number of hydrogen-bond acceptors (Lipinski definition) is 5. The summed E-state index contributed by atoms with van der Waals surface area (Å²) in [5.74, 6) is -0.154. The number of aryl methyl sites for hydroxylation is 1. The van der Waals surface area contributed by atoms with E-state index >= 15 is 0 Å². The van der Waals surface area contributed by atoms with Crippen molar-refractivity contribution in [2.45, 2.75) is 103 Å². The van der Waals surface area contributed by atoms with Crippen molar-refractivity contribution in [1.82, 2.24) is 5.32 Å². The number of carbonyl (C=O) groups excluding carboxylic acids is 1. The van der Waals surface area contributed by atoms with E-state index in [-0.39, 0.29) is 25.8 Å². The molecule has 1 N–H and O–H groups in total. The molecule has 0 saturated carbocycles. The van der Waals surface area contributed by atoms with E-state index in [9.17, 15) is 18.0 Å². The quantitative estimate of drug-likeness (QED) is 0.184. The molecular formula is C27H44F3NO5. The molecule has 36 heavy (non-hydrogen) atoms. The van der Waals surface area contributed by atoms with Gasteiger partial charge in [0.15, 0.2) is 0 Å². The summed E-state index contributed by atoms with van der Waals surface area (Å²) in [6.07, 6.45) is 0.902. The normalized spacial score (nSPS) is 13.8. The van der Waals surface area contributed by atoms with Crippen LogP contribution >= 0.6 is 0 Å². The first-order chi connectivity index (χ1) is 16.9. The average molecular weight is 520 g/mol. The van der Waals surface area contributed by atoms with Crippen molar-refractivity contribution >= 4 is 6.09 Å². The van der Waals surface area contributed by atoms with Crippen molar-refractivity contribution < 1.29 is 36.9 Å². The summed E-state index contributed by atoms with van der Waals surface area (Å²) < 4.78 is 62.8. The summed E-state index contributed by atoms with van der Waals surface area (Å²) in [5.41, 5.74) is -1.82. The van der Waals surface area contributed by atoms with Crippen LogP contribution < -0.4 is 10.1 Å². The molecule has 9 heteroatoms. The minimum absolute atomic E-state index is 0.0282. The number of benzene rings is 1. The van der Waals surface area contributed by atoms with E-state index in [0.717, 1.165) is 38.2 Å². The van der Waals surface area contributed by atoms with Crippen LogP contribution in [0.25, 0.3) is 0 Å². The molecule has 0 heterocycles. The van der Waals surface area contributed by atoms with Gasteiger partial charge in [0.2, 0.25) is 0 Å². The second-order valence-electron chi connectivity index (χ2n) is 10.1. The van der Waals surface area contributed by atoms with Crippen molar-refractivity contribution in [3.05, 3.63) is 29.3 Å². The SMILES string of the molecule is CCCCCCCOc1ccc(CCC(CC)(COCOC)NC(=O)OC(C)(C)C)cc1C(F)(F)F. The largest absolute Gasteiger partial charge is 0.493 e. The molecule has 1 atom stereocenters. The van der Waals surface area contributed by atoms with E-state index in [1.165, 1.54) is 13.2 Å². The molecule has 1 aromatic carbocycles. The fraction of sp³-hybridized carbons (Fsp3) is 0.741. The van der Waals surface area contributed by atoms with Gasteiger partial charge >= 0.3 is 12.3 Å². The Morgan fingerprint density at radius 2 is 1.72 bits per heavy atom. The Morgan fingerprint density at radius 1 is 1.03 bits per heavy atom. The predicted molar refractivity (Wildman–Crippen MR) is 134 cm³/mol. The molecule has 0 saturated heterocycles. The smallest absolute Gasteiger partial charge is 0.419 e. The van der Waals surface area contributed by atoms with Gasteiger partial charge in [-0.3, -0.25) is 0 Å². The van der Waals surface area contributed by atoms with E-state index in [4.69, 9.17) is 18.9 Å². The fourth-order valence-electron chi connectivity index (χ4n) is 3.73. The molecule has 0 aliphatic rings. The second-order valence-corrected chi connectivity index (χ2v) is 10.1. The maximum Gasteiger partial charge on any atom is 0.419 e.